The monoisotopic (exact) mass is 301 g/mol. The van der Waals surface area contributed by atoms with E-state index in [-0.39, 0.29) is 18.5 Å². The molecule has 0 bridgehead atoms. The zero-order valence-electron chi connectivity index (χ0n) is 12.6. The first-order chi connectivity index (χ1) is 10.6. The molecular formula is C17H19NO4. The highest BCUT2D eigenvalue weighted by atomic mass is 16.7. The topological polar surface area (TPSA) is 68.5 Å². The van der Waals surface area contributed by atoms with E-state index in [1.54, 1.807) is 18.2 Å². The van der Waals surface area contributed by atoms with Crippen molar-refractivity contribution in [3.63, 3.8) is 0 Å². The molecule has 2 unspecified atom stereocenters. The quantitative estimate of drug-likeness (QED) is 0.858. The number of benzene rings is 1. The number of carbonyl (C=O) groups excluding carboxylic acids is 1. The Morgan fingerprint density at radius 1 is 1.45 bits per heavy atom. The predicted molar refractivity (Wildman–Crippen MR) is 78.7 cm³/mol. The molecule has 1 aromatic carbocycles. The third kappa shape index (κ3) is 3.13. The molecule has 116 valence electrons. The fourth-order valence-electron chi connectivity index (χ4n) is 2.84. The zero-order chi connectivity index (χ0) is 15.6. The summed E-state index contributed by atoms with van der Waals surface area (Å²) in [7, 11) is 0. The van der Waals surface area contributed by atoms with Gasteiger partial charge in [0.05, 0.1) is 30.2 Å². The molecule has 2 atom stereocenters. The van der Waals surface area contributed by atoms with Crippen molar-refractivity contribution in [2.75, 3.05) is 13.2 Å². The van der Waals surface area contributed by atoms with Gasteiger partial charge in [0.2, 0.25) is 0 Å². The average Bonchev–Trinajstić information content (AvgIpc) is 2.54. The second-order valence-electron chi connectivity index (χ2n) is 6.08. The smallest absolute Gasteiger partial charge is 0.170 e. The van der Waals surface area contributed by atoms with Crippen LogP contribution in [-0.2, 0) is 9.47 Å². The molecule has 3 rings (SSSR count). The van der Waals surface area contributed by atoms with Crippen molar-refractivity contribution in [3.05, 3.63) is 29.3 Å². The summed E-state index contributed by atoms with van der Waals surface area (Å²) in [5.41, 5.74) is 0.246. The van der Waals surface area contributed by atoms with Crippen LogP contribution in [0.25, 0.3) is 0 Å². The number of carbonyl (C=O) groups is 1. The van der Waals surface area contributed by atoms with Crippen molar-refractivity contribution in [2.24, 2.45) is 0 Å². The summed E-state index contributed by atoms with van der Waals surface area (Å²) in [6.45, 7) is 2.90. The number of hydrogen-bond acceptors (Lipinski definition) is 5. The molecule has 1 aromatic rings. The van der Waals surface area contributed by atoms with E-state index in [0.717, 1.165) is 25.9 Å². The van der Waals surface area contributed by atoms with Crippen LogP contribution in [0.5, 0.6) is 5.75 Å². The minimum Gasteiger partial charge on any atom is -0.484 e. The second kappa shape index (κ2) is 6.07. The van der Waals surface area contributed by atoms with E-state index in [1.807, 2.05) is 13.0 Å². The van der Waals surface area contributed by atoms with Crippen molar-refractivity contribution < 1.29 is 19.0 Å². The molecule has 0 N–H and O–H groups in total. The van der Waals surface area contributed by atoms with Crippen molar-refractivity contribution >= 4 is 5.78 Å². The molecule has 5 nitrogen and oxygen atoms in total. The highest BCUT2D eigenvalue weighted by Gasteiger charge is 2.37. The predicted octanol–water partition coefficient (Wildman–Crippen LogP) is 2.83. The molecule has 2 aliphatic heterocycles. The standard InChI is InChI=1S/C17H19NO4/c1-17(11-21-16-4-2-3-7-20-16)9-14(19)13-8-12(10-18)5-6-15(13)22-17/h5-6,8,16H,2-4,7,9,11H2,1H3. The van der Waals surface area contributed by atoms with Crippen molar-refractivity contribution in [1.82, 2.24) is 0 Å². The van der Waals surface area contributed by atoms with E-state index in [0.29, 0.717) is 23.5 Å². The first-order valence-electron chi connectivity index (χ1n) is 7.59. The summed E-state index contributed by atoms with van der Waals surface area (Å²) in [5.74, 6) is 0.500. The van der Waals surface area contributed by atoms with Gasteiger partial charge < -0.3 is 14.2 Å². The number of ketones is 1. The summed E-state index contributed by atoms with van der Waals surface area (Å²) in [6, 6.07) is 6.96. The Hall–Kier alpha value is -1.90. The molecule has 1 fully saturated rings. The Morgan fingerprint density at radius 2 is 2.32 bits per heavy atom. The number of ether oxygens (including phenoxy) is 3. The Morgan fingerprint density at radius 3 is 3.05 bits per heavy atom. The van der Waals surface area contributed by atoms with Gasteiger partial charge in [-0.1, -0.05) is 0 Å². The Bertz CT molecular complexity index is 616. The Balaban J connectivity index is 1.70. The van der Waals surface area contributed by atoms with Crippen LogP contribution >= 0.6 is 0 Å². The summed E-state index contributed by atoms with van der Waals surface area (Å²) in [5, 5.41) is 8.92. The maximum absolute atomic E-state index is 12.3. The van der Waals surface area contributed by atoms with E-state index >= 15 is 0 Å². The number of nitrogens with zero attached hydrogens (tertiary/aromatic N) is 1. The molecule has 0 aliphatic carbocycles. The minimum atomic E-state index is -0.695. The lowest BCUT2D eigenvalue weighted by Gasteiger charge is -2.36. The lowest BCUT2D eigenvalue weighted by Crippen LogP contribution is -2.44. The van der Waals surface area contributed by atoms with E-state index in [2.05, 4.69) is 0 Å². The van der Waals surface area contributed by atoms with Gasteiger partial charge in [0.25, 0.3) is 0 Å². The Kier molecular flexibility index (Phi) is 4.14. The highest BCUT2D eigenvalue weighted by molar-refractivity contribution is 6.00. The Labute approximate surface area is 129 Å². The molecule has 5 heteroatoms. The molecule has 0 spiro atoms. The van der Waals surface area contributed by atoms with E-state index in [4.69, 9.17) is 19.5 Å². The summed E-state index contributed by atoms with van der Waals surface area (Å²) >= 11 is 0. The maximum Gasteiger partial charge on any atom is 0.170 e. The fraction of sp³-hybridized carbons (Fsp3) is 0.529. The van der Waals surface area contributed by atoms with Crippen molar-refractivity contribution in [1.29, 1.82) is 5.26 Å². The van der Waals surface area contributed by atoms with Crippen LogP contribution in [0.1, 0.15) is 48.5 Å². The van der Waals surface area contributed by atoms with Crippen LogP contribution in [0.15, 0.2) is 18.2 Å². The summed E-state index contributed by atoms with van der Waals surface area (Å²) in [4.78, 5) is 12.3. The normalized spacial score (nSPS) is 27.6. The SMILES string of the molecule is CC1(COC2CCCCO2)CC(=O)c2cc(C#N)ccc2O1. The van der Waals surface area contributed by atoms with E-state index in [9.17, 15) is 4.79 Å². The minimum absolute atomic E-state index is 0.0194. The van der Waals surface area contributed by atoms with Gasteiger partial charge in [-0.15, -0.1) is 0 Å². The first-order valence-corrected chi connectivity index (χ1v) is 7.59. The van der Waals surface area contributed by atoms with Crippen LogP contribution in [-0.4, -0.2) is 30.9 Å². The van der Waals surface area contributed by atoms with Gasteiger partial charge in [-0.05, 0) is 44.4 Å². The van der Waals surface area contributed by atoms with Crippen LogP contribution < -0.4 is 4.74 Å². The van der Waals surface area contributed by atoms with Crippen LogP contribution in [0, 0.1) is 11.3 Å². The van der Waals surface area contributed by atoms with Crippen LogP contribution in [0.4, 0.5) is 0 Å². The molecule has 0 aromatic heterocycles. The highest BCUT2D eigenvalue weighted by Crippen LogP contribution is 2.34. The fourth-order valence-corrected chi connectivity index (χ4v) is 2.84. The van der Waals surface area contributed by atoms with Gasteiger partial charge in [-0.3, -0.25) is 4.79 Å². The molecule has 1 saturated heterocycles. The molecule has 2 aliphatic rings. The maximum atomic E-state index is 12.3. The third-order valence-electron chi connectivity index (χ3n) is 4.01. The lowest BCUT2D eigenvalue weighted by molar-refractivity contribution is -0.185. The lowest BCUT2D eigenvalue weighted by atomic mass is 9.91. The third-order valence-corrected chi connectivity index (χ3v) is 4.01. The van der Waals surface area contributed by atoms with Crippen LogP contribution in [0.3, 0.4) is 0 Å². The molecule has 2 heterocycles. The van der Waals surface area contributed by atoms with E-state index < -0.39 is 5.60 Å². The largest absolute Gasteiger partial charge is 0.484 e. The number of fused-ring (bicyclic) bond motifs is 1. The van der Waals surface area contributed by atoms with Gasteiger partial charge in [0.1, 0.15) is 11.4 Å². The van der Waals surface area contributed by atoms with Gasteiger partial charge >= 0.3 is 0 Å². The second-order valence-corrected chi connectivity index (χ2v) is 6.08. The number of rotatable bonds is 3. The number of hydrogen-bond donors (Lipinski definition) is 0. The van der Waals surface area contributed by atoms with Gasteiger partial charge in [-0.25, -0.2) is 0 Å². The molecule has 0 saturated carbocycles. The summed E-state index contributed by atoms with van der Waals surface area (Å²) < 4.78 is 17.3. The number of nitriles is 1. The molecule has 0 amide bonds. The van der Waals surface area contributed by atoms with Gasteiger partial charge in [0, 0.05) is 6.61 Å². The molecule has 22 heavy (non-hydrogen) atoms. The molecule has 0 radical (unpaired) electrons. The average molecular weight is 301 g/mol. The number of Topliss-reactive ketones (excluding diaryl/α,β-unsaturated/α-hetero) is 1. The van der Waals surface area contributed by atoms with Crippen molar-refractivity contribution in [3.8, 4) is 11.8 Å². The van der Waals surface area contributed by atoms with Crippen LogP contribution in [0.2, 0.25) is 0 Å². The van der Waals surface area contributed by atoms with E-state index in [1.165, 1.54) is 0 Å². The zero-order valence-corrected chi connectivity index (χ0v) is 12.6. The van der Waals surface area contributed by atoms with Gasteiger partial charge in [-0.2, -0.15) is 5.26 Å². The van der Waals surface area contributed by atoms with Gasteiger partial charge in [0.15, 0.2) is 12.1 Å². The first kappa shape index (κ1) is 15.0. The molecular weight excluding hydrogens is 282 g/mol. The summed E-state index contributed by atoms with van der Waals surface area (Å²) in [6.07, 6.45) is 3.08. The van der Waals surface area contributed by atoms with Crippen molar-refractivity contribution in [2.45, 2.75) is 44.5 Å².